The van der Waals surface area contributed by atoms with Gasteiger partial charge in [-0.1, -0.05) is 24.3 Å². The minimum Gasteiger partial charge on any atom is -0.341 e. The maximum atomic E-state index is 13.0. The Bertz CT molecular complexity index is 1270. The second-order valence-corrected chi connectivity index (χ2v) is 10.6. The topological polar surface area (TPSA) is 59.4 Å². The molecule has 156 valence electrons. The van der Waals surface area contributed by atoms with Gasteiger partial charge in [-0.05, 0) is 56.0 Å². The maximum absolute atomic E-state index is 13.0. The molecule has 5 rings (SSSR count). The third kappa shape index (κ3) is 3.43. The number of amides is 1. The van der Waals surface area contributed by atoms with Gasteiger partial charge in [0.1, 0.15) is 0 Å². The minimum atomic E-state index is -3.01. The lowest BCUT2D eigenvalue weighted by Crippen LogP contribution is -2.41. The van der Waals surface area contributed by atoms with Crippen LogP contribution < -0.4 is 0 Å². The summed E-state index contributed by atoms with van der Waals surface area (Å²) in [7, 11) is -3.01. The van der Waals surface area contributed by atoms with Crippen LogP contribution in [0.5, 0.6) is 0 Å². The second-order valence-electron chi connectivity index (χ2n) is 8.40. The van der Waals surface area contributed by atoms with E-state index in [1.165, 1.54) is 21.8 Å². The lowest BCUT2D eigenvalue weighted by molar-refractivity contribution is -0.128. The van der Waals surface area contributed by atoms with Crippen molar-refractivity contribution < 1.29 is 13.2 Å². The molecule has 1 atom stereocenters. The molecule has 1 aliphatic carbocycles. The quantitative estimate of drug-likeness (QED) is 0.584. The molecule has 1 aromatic heterocycles. The van der Waals surface area contributed by atoms with E-state index in [4.69, 9.17) is 0 Å². The second kappa shape index (κ2) is 7.27. The molecule has 0 radical (unpaired) electrons. The van der Waals surface area contributed by atoms with Crippen LogP contribution in [0.3, 0.4) is 0 Å². The van der Waals surface area contributed by atoms with Crippen LogP contribution in [0, 0.1) is 0 Å². The van der Waals surface area contributed by atoms with Gasteiger partial charge in [-0.25, -0.2) is 8.42 Å². The van der Waals surface area contributed by atoms with Crippen LogP contribution in [0.2, 0.25) is 0 Å². The number of para-hydroxylation sites is 1. The molecule has 1 saturated heterocycles. The van der Waals surface area contributed by atoms with Crippen molar-refractivity contribution in [2.24, 2.45) is 0 Å². The van der Waals surface area contributed by atoms with Crippen LogP contribution in [-0.4, -0.2) is 47.4 Å². The molecular weight excluding hydrogens is 396 g/mol. The lowest BCUT2D eigenvalue weighted by atomic mass is 10.1. The van der Waals surface area contributed by atoms with Crippen LogP contribution in [-0.2, 0) is 21.2 Å². The van der Waals surface area contributed by atoms with Crippen molar-refractivity contribution in [1.82, 2.24) is 9.47 Å². The highest BCUT2D eigenvalue weighted by Gasteiger charge is 2.41. The zero-order valence-corrected chi connectivity index (χ0v) is 17.9. The van der Waals surface area contributed by atoms with Crippen molar-refractivity contribution in [2.75, 3.05) is 11.5 Å². The summed E-state index contributed by atoms with van der Waals surface area (Å²) in [5.74, 6) is 0.220. The molecule has 30 heavy (non-hydrogen) atoms. The Labute approximate surface area is 176 Å². The summed E-state index contributed by atoms with van der Waals surface area (Å²) in [6.07, 6.45) is 5.97. The highest BCUT2D eigenvalue weighted by molar-refractivity contribution is 7.91. The van der Waals surface area contributed by atoms with Crippen LogP contribution in [0.1, 0.15) is 31.7 Å². The molecule has 6 heteroatoms. The Morgan fingerprint density at radius 1 is 1.07 bits per heavy atom. The summed E-state index contributed by atoms with van der Waals surface area (Å²) in [4.78, 5) is 14.8. The van der Waals surface area contributed by atoms with Crippen molar-refractivity contribution in [2.45, 2.75) is 44.8 Å². The standard InChI is InChI=1S/C24H26N2O3S/c1-2-25-22-6-4-3-5-20(22)21-15-17(7-11-23(21)25)8-12-24(27)26(18-9-10-18)19-13-14-30(28,29)16-19/h3-8,11-12,15,18-19H,2,9-10,13-14,16H2,1H3/b12-8+. The Hall–Kier alpha value is -2.60. The number of hydrogen-bond donors (Lipinski definition) is 0. The fourth-order valence-electron chi connectivity index (χ4n) is 4.77. The molecule has 2 heterocycles. The van der Waals surface area contributed by atoms with E-state index in [1.54, 1.807) is 6.08 Å². The molecule has 3 aromatic rings. The van der Waals surface area contributed by atoms with Gasteiger partial charge < -0.3 is 9.47 Å². The van der Waals surface area contributed by atoms with Crippen LogP contribution in [0.25, 0.3) is 27.9 Å². The zero-order valence-electron chi connectivity index (χ0n) is 17.1. The number of benzene rings is 2. The van der Waals surface area contributed by atoms with Crippen molar-refractivity contribution >= 4 is 43.6 Å². The Morgan fingerprint density at radius 2 is 1.83 bits per heavy atom. The van der Waals surface area contributed by atoms with Gasteiger partial charge in [0.25, 0.3) is 0 Å². The average molecular weight is 423 g/mol. The first-order valence-electron chi connectivity index (χ1n) is 10.7. The summed E-state index contributed by atoms with van der Waals surface area (Å²) in [5, 5.41) is 2.40. The van der Waals surface area contributed by atoms with E-state index in [2.05, 4.69) is 47.9 Å². The van der Waals surface area contributed by atoms with E-state index >= 15 is 0 Å². The predicted molar refractivity (Wildman–Crippen MR) is 121 cm³/mol. The number of aromatic nitrogens is 1. The van der Waals surface area contributed by atoms with E-state index in [-0.39, 0.29) is 29.5 Å². The zero-order chi connectivity index (χ0) is 20.9. The van der Waals surface area contributed by atoms with E-state index in [9.17, 15) is 13.2 Å². The van der Waals surface area contributed by atoms with E-state index in [0.717, 1.165) is 24.9 Å². The summed E-state index contributed by atoms with van der Waals surface area (Å²) >= 11 is 0. The Kier molecular flexibility index (Phi) is 4.69. The highest BCUT2D eigenvalue weighted by Crippen LogP contribution is 2.33. The van der Waals surface area contributed by atoms with Gasteiger partial charge in [0.15, 0.2) is 9.84 Å². The van der Waals surface area contributed by atoms with Crippen molar-refractivity contribution in [1.29, 1.82) is 0 Å². The molecule has 0 spiro atoms. The fourth-order valence-corrected chi connectivity index (χ4v) is 6.49. The average Bonchev–Trinajstić information content (AvgIpc) is 3.43. The monoisotopic (exact) mass is 422 g/mol. The van der Waals surface area contributed by atoms with Crippen molar-refractivity contribution in [3.05, 3.63) is 54.1 Å². The van der Waals surface area contributed by atoms with Gasteiger partial charge in [-0.15, -0.1) is 0 Å². The molecule has 2 fully saturated rings. The molecule has 2 aliphatic rings. The molecule has 5 nitrogen and oxygen atoms in total. The van der Waals surface area contributed by atoms with E-state index < -0.39 is 9.84 Å². The number of carbonyl (C=O) groups excluding carboxylic acids is 1. The summed E-state index contributed by atoms with van der Waals surface area (Å²) in [6, 6.07) is 14.7. The van der Waals surface area contributed by atoms with Gasteiger partial charge in [0.2, 0.25) is 5.91 Å². The smallest absolute Gasteiger partial charge is 0.247 e. The van der Waals surface area contributed by atoms with Gasteiger partial charge in [-0.3, -0.25) is 4.79 Å². The van der Waals surface area contributed by atoms with Crippen LogP contribution in [0.15, 0.2) is 48.5 Å². The third-order valence-corrected chi connectivity index (χ3v) is 8.08. The number of hydrogen-bond acceptors (Lipinski definition) is 3. The molecule has 0 bridgehead atoms. The summed E-state index contributed by atoms with van der Waals surface area (Å²) < 4.78 is 26.1. The number of rotatable bonds is 5. The highest BCUT2D eigenvalue weighted by atomic mass is 32.2. The van der Waals surface area contributed by atoms with Crippen LogP contribution >= 0.6 is 0 Å². The van der Waals surface area contributed by atoms with Gasteiger partial charge in [0, 0.05) is 46.5 Å². The molecular formula is C24H26N2O3S. The molecule has 1 unspecified atom stereocenters. The number of carbonyl (C=O) groups is 1. The molecule has 2 aromatic carbocycles. The van der Waals surface area contributed by atoms with Crippen molar-refractivity contribution in [3.63, 3.8) is 0 Å². The largest absolute Gasteiger partial charge is 0.341 e. The first-order valence-corrected chi connectivity index (χ1v) is 12.5. The fraction of sp³-hybridized carbons (Fsp3) is 0.375. The SMILES string of the molecule is CCn1c2ccccc2c2cc(/C=C/C(=O)N(C3CC3)C3CCS(=O)(=O)C3)ccc21. The lowest BCUT2D eigenvalue weighted by Gasteiger charge is -2.27. The van der Waals surface area contributed by atoms with Gasteiger partial charge in [-0.2, -0.15) is 0 Å². The summed E-state index contributed by atoms with van der Waals surface area (Å²) in [6.45, 7) is 3.05. The number of aryl methyl sites for hydroxylation is 1. The normalized spacial score (nSPS) is 21.0. The molecule has 1 aliphatic heterocycles. The number of sulfone groups is 1. The predicted octanol–water partition coefficient (Wildman–Crippen LogP) is 4.01. The van der Waals surface area contributed by atoms with Crippen LogP contribution in [0.4, 0.5) is 0 Å². The Balaban J connectivity index is 1.44. The molecule has 0 N–H and O–H groups in total. The van der Waals surface area contributed by atoms with Gasteiger partial charge in [0.05, 0.1) is 11.5 Å². The van der Waals surface area contributed by atoms with Gasteiger partial charge >= 0.3 is 0 Å². The third-order valence-electron chi connectivity index (χ3n) is 6.33. The molecule has 1 amide bonds. The minimum absolute atomic E-state index is 0.0734. The van der Waals surface area contributed by atoms with E-state index in [1.807, 2.05) is 17.0 Å². The first-order chi connectivity index (χ1) is 14.5. The number of nitrogens with zero attached hydrogens (tertiary/aromatic N) is 2. The summed E-state index contributed by atoms with van der Waals surface area (Å²) in [5.41, 5.74) is 3.39. The maximum Gasteiger partial charge on any atom is 0.247 e. The first kappa shape index (κ1) is 19.4. The Morgan fingerprint density at radius 3 is 2.53 bits per heavy atom. The molecule has 1 saturated carbocycles. The van der Waals surface area contributed by atoms with Crippen molar-refractivity contribution in [3.8, 4) is 0 Å². The number of fused-ring (bicyclic) bond motifs is 3. The van der Waals surface area contributed by atoms with E-state index in [0.29, 0.717) is 6.42 Å².